The fourth-order valence-corrected chi connectivity index (χ4v) is 0.987. The normalized spacial score (nSPS) is 8.68. The van der Waals surface area contributed by atoms with E-state index in [1.54, 1.807) is 0 Å². The molecule has 0 aliphatic carbocycles. The summed E-state index contributed by atoms with van der Waals surface area (Å²) in [5.74, 6) is 5.38. The third kappa shape index (κ3) is 5.82. The smallest absolute Gasteiger partial charge is 0.245 e. The van der Waals surface area contributed by atoms with Crippen molar-refractivity contribution >= 4 is 6.15 Å². The van der Waals surface area contributed by atoms with E-state index in [1.807, 2.05) is 29.2 Å². The molecule has 0 aromatic carbocycles. The lowest BCUT2D eigenvalue weighted by atomic mass is 9.30. The van der Waals surface area contributed by atoms with Gasteiger partial charge in [-0.25, -0.2) is 21.0 Å². The van der Waals surface area contributed by atoms with Crippen LogP contribution in [0.25, 0.3) is 0 Å². The molecule has 1 aromatic rings. The molecule has 0 bridgehead atoms. The van der Waals surface area contributed by atoms with Crippen molar-refractivity contribution in [3.05, 3.63) is 24.5 Å². The van der Waals surface area contributed by atoms with E-state index in [0.29, 0.717) is 0 Å². The lowest BCUT2D eigenvalue weighted by Crippen LogP contribution is -2.36. The second-order valence-electron chi connectivity index (χ2n) is 3.70. The molecule has 19 heavy (non-hydrogen) atoms. The molecule has 0 radical (unpaired) electrons. The van der Waals surface area contributed by atoms with Gasteiger partial charge in [0.25, 0.3) is 0 Å². The molecule has 0 atom stereocenters. The lowest BCUT2D eigenvalue weighted by Gasteiger charge is -1.98. The van der Waals surface area contributed by atoms with Crippen molar-refractivity contribution in [1.82, 2.24) is 5.10 Å². The zero-order valence-corrected chi connectivity index (χ0v) is 10.7. The van der Waals surface area contributed by atoms with Crippen LogP contribution in [0.15, 0.2) is 24.5 Å². The van der Waals surface area contributed by atoms with Crippen LogP contribution in [-0.2, 0) is 6.54 Å². The molecule has 94 valence electrons. The number of aromatic nitrogens is 2. The third-order valence-electron chi connectivity index (χ3n) is 2.19. The summed E-state index contributed by atoms with van der Waals surface area (Å²) in [6.45, 7) is 3.22. The van der Waals surface area contributed by atoms with Gasteiger partial charge in [-0.05, 0) is 11.2 Å². The van der Waals surface area contributed by atoms with Gasteiger partial charge in [0.15, 0.2) is 12.7 Å². The van der Waals surface area contributed by atoms with Crippen LogP contribution >= 0.6 is 0 Å². The van der Waals surface area contributed by atoms with Crippen molar-refractivity contribution in [2.45, 2.75) is 26.3 Å². The zero-order chi connectivity index (χ0) is 14.6. The van der Waals surface area contributed by atoms with Crippen LogP contribution in [-0.4, -0.2) is 11.2 Å². The van der Waals surface area contributed by atoms with Crippen molar-refractivity contribution in [2.24, 2.45) is 0 Å². The molecule has 0 amide bonds. The van der Waals surface area contributed by atoms with E-state index in [9.17, 15) is 0 Å². The predicted molar refractivity (Wildman–Crippen MR) is 67.5 cm³/mol. The summed E-state index contributed by atoms with van der Waals surface area (Å²) >= 11 is 0. The minimum atomic E-state index is -2.72. The Labute approximate surface area is 112 Å². The summed E-state index contributed by atoms with van der Waals surface area (Å²) in [6.07, 6.45) is 3.52. The van der Waals surface area contributed by atoms with E-state index in [2.05, 4.69) is 12.0 Å². The van der Waals surface area contributed by atoms with E-state index in [1.165, 1.54) is 36.7 Å². The number of unbranched alkanes of at least 4 members (excludes halogenated alkanes) is 1. The van der Waals surface area contributed by atoms with E-state index in [4.69, 9.17) is 21.0 Å². The number of hydrogen-bond acceptors (Lipinski definition) is 5. The van der Waals surface area contributed by atoms with Crippen molar-refractivity contribution < 1.29 is 4.68 Å². The molecule has 0 fully saturated rings. The zero-order valence-electron chi connectivity index (χ0n) is 10.7. The SMILES string of the molecule is CCCC[n+]1ccccn1.N#C[B-](C#N)(C#N)C#N. The number of aryl methyl sites for hydroxylation is 1. The van der Waals surface area contributed by atoms with Gasteiger partial charge in [-0.15, -0.1) is 23.9 Å². The molecule has 0 aliphatic rings. The van der Waals surface area contributed by atoms with Crippen molar-refractivity contribution in [3.63, 3.8) is 0 Å². The summed E-state index contributed by atoms with van der Waals surface area (Å²) in [5.41, 5.74) is 0. The van der Waals surface area contributed by atoms with Crippen LogP contribution in [0.4, 0.5) is 0 Å². The quantitative estimate of drug-likeness (QED) is 0.584. The van der Waals surface area contributed by atoms with E-state index in [-0.39, 0.29) is 0 Å². The molecule has 0 aliphatic heterocycles. The van der Waals surface area contributed by atoms with Gasteiger partial charge in [-0.1, -0.05) is 18.0 Å². The summed E-state index contributed by atoms with van der Waals surface area (Å²) in [7, 11) is 0. The molecule has 0 saturated carbocycles. The molecule has 1 aromatic heterocycles. The minimum Gasteiger partial charge on any atom is -0.245 e. The van der Waals surface area contributed by atoms with E-state index >= 15 is 0 Å². The average molecular weight is 252 g/mol. The first kappa shape index (κ1) is 16.1. The molecular formula is C12H13BN6. The Bertz CT molecular complexity index is 481. The van der Waals surface area contributed by atoms with Gasteiger partial charge in [0.1, 0.15) is 0 Å². The minimum absolute atomic E-state index is 1.04. The number of hydrogen-bond donors (Lipinski definition) is 0. The predicted octanol–water partition coefficient (Wildman–Crippen LogP) is 0.856. The van der Waals surface area contributed by atoms with Crippen molar-refractivity contribution in [2.75, 3.05) is 0 Å². The van der Waals surface area contributed by atoms with Gasteiger partial charge in [0.05, 0.1) is 6.20 Å². The van der Waals surface area contributed by atoms with Crippen LogP contribution in [0.2, 0.25) is 0 Å². The maximum Gasteiger partial charge on any atom is 0.383 e. The first-order valence-electron chi connectivity index (χ1n) is 5.79. The van der Waals surface area contributed by atoms with Crippen molar-refractivity contribution in [1.29, 1.82) is 21.0 Å². The topological polar surface area (TPSA) is 112 Å². The average Bonchev–Trinajstić information content (AvgIpc) is 2.50. The van der Waals surface area contributed by atoms with Gasteiger partial charge in [0, 0.05) is 12.5 Å². The molecular weight excluding hydrogens is 239 g/mol. The highest BCUT2D eigenvalue weighted by Crippen LogP contribution is 1.92. The van der Waals surface area contributed by atoms with Gasteiger partial charge in [0.2, 0.25) is 0 Å². The van der Waals surface area contributed by atoms with Crippen LogP contribution < -0.4 is 4.68 Å². The van der Waals surface area contributed by atoms with Crippen LogP contribution in [0.5, 0.6) is 0 Å². The molecule has 0 N–H and O–H groups in total. The van der Waals surface area contributed by atoms with Crippen LogP contribution in [0.1, 0.15) is 19.8 Å². The van der Waals surface area contributed by atoms with E-state index in [0.717, 1.165) is 6.54 Å². The highest BCUT2D eigenvalue weighted by molar-refractivity contribution is 7.05. The molecule has 6 nitrogen and oxygen atoms in total. The Morgan fingerprint density at radius 3 is 1.95 bits per heavy atom. The fourth-order valence-electron chi connectivity index (χ4n) is 0.987. The molecule has 0 saturated heterocycles. The lowest BCUT2D eigenvalue weighted by molar-refractivity contribution is -0.754. The standard InChI is InChI=1S/C8H13N2.C4BN4/c1-2-3-7-10-8-5-4-6-9-10;6-1-5(2-7,3-8)4-9/h4-6,8H,2-3,7H2,1H3;/q+1;-1. The number of rotatable bonds is 3. The monoisotopic (exact) mass is 252 g/mol. The molecule has 0 spiro atoms. The summed E-state index contributed by atoms with van der Waals surface area (Å²) in [6, 6.07) is 3.94. The fraction of sp³-hybridized carbons (Fsp3) is 0.333. The Morgan fingerprint density at radius 2 is 1.63 bits per heavy atom. The number of nitriles is 4. The Hall–Kier alpha value is -2.90. The molecule has 7 heteroatoms. The third-order valence-corrected chi connectivity index (χ3v) is 2.19. The Morgan fingerprint density at radius 1 is 1.05 bits per heavy atom. The van der Waals surface area contributed by atoms with Gasteiger partial charge in [-0.3, -0.25) is 0 Å². The molecule has 1 rings (SSSR count). The van der Waals surface area contributed by atoms with E-state index < -0.39 is 6.15 Å². The van der Waals surface area contributed by atoms with Gasteiger partial charge in [-0.2, -0.15) is 0 Å². The van der Waals surface area contributed by atoms with Crippen LogP contribution in [0.3, 0.4) is 0 Å². The van der Waals surface area contributed by atoms with Crippen LogP contribution in [0, 0.1) is 44.9 Å². The highest BCUT2D eigenvalue weighted by Gasteiger charge is 2.22. The maximum atomic E-state index is 8.09. The molecule has 0 unspecified atom stereocenters. The van der Waals surface area contributed by atoms with Gasteiger partial charge >= 0.3 is 6.15 Å². The maximum absolute atomic E-state index is 8.09. The van der Waals surface area contributed by atoms with Gasteiger partial charge < -0.3 is 0 Å². The Kier molecular flexibility index (Phi) is 7.77. The summed E-state index contributed by atoms with van der Waals surface area (Å²) in [5, 5.41) is 36.5. The first-order valence-corrected chi connectivity index (χ1v) is 5.79. The number of nitrogens with zero attached hydrogens (tertiary/aromatic N) is 6. The summed E-state index contributed by atoms with van der Waals surface area (Å²) < 4.78 is 1.96. The Balaban J connectivity index is 0.000000344. The second-order valence-corrected chi connectivity index (χ2v) is 3.70. The van der Waals surface area contributed by atoms with Crippen molar-refractivity contribution in [3.8, 4) is 23.9 Å². The second kappa shape index (κ2) is 9.17. The first-order chi connectivity index (χ1) is 9.17. The summed E-state index contributed by atoms with van der Waals surface area (Å²) in [4.78, 5) is 0. The molecule has 1 heterocycles. The largest absolute Gasteiger partial charge is 0.383 e. The highest BCUT2D eigenvalue weighted by atomic mass is 15.2.